The van der Waals surface area contributed by atoms with Crippen LogP contribution in [0.2, 0.25) is 0 Å². The molecule has 3 nitrogen and oxygen atoms in total. The third kappa shape index (κ3) is 2.16. The fourth-order valence-corrected chi connectivity index (χ4v) is 2.79. The molecular weight excluding hydrogens is 236 g/mol. The van der Waals surface area contributed by atoms with E-state index in [1.54, 1.807) is 0 Å². The van der Waals surface area contributed by atoms with Crippen LogP contribution in [-0.2, 0) is 5.54 Å². The van der Waals surface area contributed by atoms with E-state index >= 15 is 0 Å². The zero-order valence-electron chi connectivity index (χ0n) is 10.8. The van der Waals surface area contributed by atoms with Crippen molar-refractivity contribution in [2.45, 2.75) is 5.54 Å². The van der Waals surface area contributed by atoms with Crippen LogP contribution in [0.15, 0.2) is 60.7 Å². The molecule has 19 heavy (non-hydrogen) atoms. The van der Waals surface area contributed by atoms with Gasteiger partial charge in [-0.1, -0.05) is 60.7 Å². The Bertz CT molecular complexity index is 487. The maximum Gasteiger partial charge on any atom is 0.0967 e. The molecule has 1 aliphatic rings. The number of hydrogen-bond acceptors (Lipinski definition) is 3. The summed E-state index contributed by atoms with van der Waals surface area (Å²) in [6.07, 6.45) is 0. The molecule has 0 radical (unpaired) electrons. The summed E-state index contributed by atoms with van der Waals surface area (Å²) < 4.78 is 0. The highest BCUT2D eigenvalue weighted by molar-refractivity contribution is 5.40. The second kappa shape index (κ2) is 5.13. The summed E-state index contributed by atoms with van der Waals surface area (Å²) in [6.45, 7) is 1.55. The van der Waals surface area contributed by atoms with Gasteiger partial charge in [0.05, 0.1) is 18.9 Å². The highest BCUT2D eigenvalue weighted by Crippen LogP contribution is 2.33. The van der Waals surface area contributed by atoms with Crippen molar-refractivity contribution in [1.82, 2.24) is 10.2 Å². The molecule has 1 saturated heterocycles. The topological polar surface area (TPSA) is 35.5 Å². The summed E-state index contributed by atoms with van der Waals surface area (Å²) in [7, 11) is 0. The van der Waals surface area contributed by atoms with Crippen molar-refractivity contribution in [3.05, 3.63) is 71.8 Å². The van der Waals surface area contributed by atoms with Crippen molar-refractivity contribution in [2.75, 3.05) is 19.9 Å². The predicted molar refractivity (Wildman–Crippen MR) is 75.5 cm³/mol. The number of aliphatic hydroxyl groups is 1. The smallest absolute Gasteiger partial charge is 0.0967 e. The number of hydrogen-bond donors (Lipinski definition) is 2. The average molecular weight is 254 g/mol. The van der Waals surface area contributed by atoms with Crippen molar-refractivity contribution < 1.29 is 5.11 Å². The lowest BCUT2D eigenvalue weighted by Gasteiger charge is -2.30. The number of nitrogens with one attached hydrogen (secondary N) is 1. The van der Waals surface area contributed by atoms with Gasteiger partial charge in [-0.15, -0.1) is 0 Å². The Balaban J connectivity index is 2.07. The van der Waals surface area contributed by atoms with E-state index in [1.165, 1.54) is 11.1 Å². The molecule has 2 aromatic carbocycles. The normalized spacial score (nSPS) is 18.6. The molecule has 0 bridgehead atoms. The Hall–Kier alpha value is -1.68. The van der Waals surface area contributed by atoms with E-state index in [0.29, 0.717) is 6.67 Å². The molecule has 0 aliphatic carbocycles. The van der Waals surface area contributed by atoms with Crippen LogP contribution in [0, 0.1) is 0 Å². The van der Waals surface area contributed by atoms with Gasteiger partial charge in [0.25, 0.3) is 0 Å². The first-order valence-electron chi connectivity index (χ1n) is 6.54. The molecule has 1 aliphatic heterocycles. The minimum Gasteiger partial charge on any atom is -0.381 e. The predicted octanol–water partition coefficient (Wildman–Crippen LogP) is 1.74. The first-order chi connectivity index (χ1) is 9.35. The molecule has 98 valence electrons. The van der Waals surface area contributed by atoms with E-state index in [9.17, 15) is 5.11 Å². The Morgan fingerprint density at radius 3 is 1.89 bits per heavy atom. The molecule has 1 heterocycles. The minimum atomic E-state index is -0.231. The first kappa shape index (κ1) is 12.4. The Morgan fingerprint density at radius 2 is 1.47 bits per heavy atom. The zero-order chi connectivity index (χ0) is 13.1. The van der Waals surface area contributed by atoms with E-state index < -0.39 is 0 Å². The van der Waals surface area contributed by atoms with Crippen molar-refractivity contribution >= 4 is 0 Å². The van der Waals surface area contributed by atoms with E-state index in [2.05, 4.69) is 53.8 Å². The van der Waals surface area contributed by atoms with Crippen LogP contribution >= 0.6 is 0 Å². The number of benzene rings is 2. The van der Waals surface area contributed by atoms with Crippen LogP contribution < -0.4 is 5.32 Å². The van der Waals surface area contributed by atoms with Gasteiger partial charge in [-0.05, 0) is 11.1 Å². The van der Waals surface area contributed by atoms with Crippen molar-refractivity contribution in [3.63, 3.8) is 0 Å². The highest BCUT2D eigenvalue weighted by atomic mass is 16.3. The fourth-order valence-electron chi connectivity index (χ4n) is 2.79. The largest absolute Gasteiger partial charge is 0.381 e. The van der Waals surface area contributed by atoms with Crippen molar-refractivity contribution in [3.8, 4) is 0 Å². The SMILES string of the molecule is OCN1CNC(c2ccccc2)(c2ccccc2)C1. The molecule has 0 amide bonds. The van der Waals surface area contributed by atoms with Crippen LogP contribution in [0.3, 0.4) is 0 Å². The summed E-state index contributed by atoms with van der Waals surface area (Å²) in [6, 6.07) is 20.9. The lowest BCUT2D eigenvalue weighted by atomic mass is 9.83. The van der Waals surface area contributed by atoms with E-state index in [0.717, 1.165) is 6.54 Å². The maximum atomic E-state index is 9.38. The molecule has 0 aromatic heterocycles. The summed E-state index contributed by atoms with van der Waals surface area (Å²) in [5.41, 5.74) is 2.24. The van der Waals surface area contributed by atoms with Gasteiger partial charge in [-0.2, -0.15) is 0 Å². The molecule has 3 heteroatoms. The molecule has 0 atom stereocenters. The summed E-state index contributed by atoms with van der Waals surface area (Å²) in [5, 5.41) is 12.9. The van der Waals surface area contributed by atoms with E-state index in [-0.39, 0.29) is 12.3 Å². The van der Waals surface area contributed by atoms with Crippen molar-refractivity contribution in [1.29, 1.82) is 0 Å². The minimum absolute atomic E-state index is 0.0778. The quantitative estimate of drug-likeness (QED) is 0.876. The monoisotopic (exact) mass is 254 g/mol. The van der Waals surface area contributed by atoms with Gasteiger partial charge in [0, 0.05) is 6.54 Å². The lowest BCUT2D eigenvalue weighted by molar-refractivity contribution is 0.126. The Morgan fingerprint density at radius 1 is 0.947 bits per heavy atom. The van der Waals surface area contributed by atoms with Crippen LogP contribution in [0.1, 0.15) is 11.1 Å². The summed E-state index contributed by atoms with van der Waals surface area (Å²) in [5.74, 6) is 0. The molecule has 0 spiro atoms. The zero-order valence-corrected chi connectivity index (χ0v) is 10.8. The Labute approximate surface area is 113 Å². The van der Waals surface area contributed by atoms with Gasteiger partial charge >= 0.3 is 0 Å². The summed E-state index contributed by atoms with van der Waals surface area (Å²) >= 11 is 0. The maximum absolute atomic E-state index is 9.38. The third-order valence-corrected chi connectivity index (χ3v) is 3.80. The van der Waals surface area contributed by atoms with Gasteiger partial charge in [0.1, 0.15) is 0 Å². The second-order valence-electron chi connectivity index (χ2n) is 4.94. The molecule has 2 N–H and O–H groups in total. The highest BCUT2D eigenvalue weighted by Gasteiger charge is 2.40. The second-order valence-corrected chi connectivity index (χ2v) is 4.94. The van der Waals surface area contributed by atoms with Crippen LogP contribution in [0.4, 0.5) is 0 Å². The van der Waals surface area contributed by atoms with Crippen LogP contribution in [0.5, 0.6) is 0 Å². The molecule has 0 saturated carbocycles. The fraction of sp³-hybridized carbons (Fsp3) is 0.250. The number of rotatable bonds is 3. The van der Waals surface area contributed by atoms with Crippen molar-refractivity contribution in [2.24, 2.45) is 0 Å². The molecular formula is C16H18N2O. The molecule has 1 fully saturated rings. The standard InChI is InChI=1S/C16H18N2O/c19-13-18-11-16(17-12-18,14-7-3-1-4-8-14)15-9-5-2-6-10-15/h1-10,17,19H,11-13H2. The summed E-state index contributed by atoms with van der Waals surface area (Å²) in [4.78, 5) is 2.00. The molecule has 0 unspecified atom stereocenters. The van der Waals surface area contributed by atoms with Gasteiger partial charge in [-0.3, -0.25) is 10.2 Å². The van der Waals surface area contributed by atoms with Crippen LogP contribution in [-0.4, -0.2) is 30.0 Å². The van der Waals surface area contributed by atoms with Gasteiger partial charge in [0.2, 0.25) is 0 Å². The van der Waals surface area contributed by atoms with Gasteiger partial charge < -0.3 is 5.11 Å². The molecule has 3 rings (SSSR count). The first-order valence-corrected chi connectivity index (χ1v) is 6.54. The number of aliphatic hydroxyl groups excluding tert-OH is 1. The third-order valence-electron chi connectivity index (χ3n) is 3.80. The van der Waals surface area contributed by atoms with Gasteiger partial charge in [0.15, 0.2) is 0 Å². The van der Waals surface area contributed by atoms with E-state index in [1.807, 2.05) is 17.0 Å². The van der Waals surface area contributed by atoms with E-state index in [4.69, 9.17) is 0 Å². The van der Waals surface area contributed by atoms with Crippen LogP contribution in [0.25, 0.3) is 0 Å². The average Bonchev–Trinajstić information content (AvgIpc) is 2.95. The lowest BCUT2D eigenvalue weighted by Crippen LogP contribution is -2.40. The number of nitrogens with zero attached hydrogens (tertiary/aromatic N) is 1. The van der Waals surface area contributed by atoms with Gasteiger partial charge in [-0.25, -0.2) is 0 Å². The molecule has 2 aromatic rings. The Kier molecular flexibility index (Phi) is 3.34.